The van der Waals surface area contributed by atoms with Crippen LogP contribution in [0.25, 0.3) is 0 Å². The highest BCUT2D eigenvalue weighted by Crippen LogP contribution is 2.28. The first-order valence-electron chi connectivity index (χ1n) is 8.90. The minimum atomic E-state index is -0.513. The fourth-order valence-electron chi connectivity index (χ4n) is 2.58. The number of esters is 1. The molecule has 1 amide bonds. The summed E-state index contributed by atoms with van der Waals surface area (Å²) in [5, 5.41) is 12.3. The summed E-state index contributed by atoms with van der Waals surface area (Å²) in [7, 11) is 0. The molecule has 0 unspecified atom stereocenters. The number of hydrogen-bond acceptors (Lipinski definition) is 6. The highest BCUT2D eigenvalue weighted by Gasteiger charge is 2.21. The number of pyridine rings is 1. The number of amides is 1. The van der Waals surface area contributed by atoms with Crippen molar-refractivity contribution in [3.8, 4) is 6.07 Å². The lowest BCUT2D eigenvalue weighted by Gasteiger charge is -2.15. The van der Waals surface area contributed by atoms with Gasteiger partial charge in [-0.2, -0.15) is 5.26 Å². The maximum absolute atomic E-state index is 12.6. The van der Waals surface area contributed by atoms with Crippen LogP contribution < -0.4 is 5.32 Å². The SMILES string of the molecule is CCOC(=O)c1cc(C#N)c(S[C@@H](C)C(=O)Nc2ccc(C)cc2C)nc1C. The lowest BCUT2D eigenvalue weighted by atomic mass is 10.1. The minimum absolute atomic E-state index is 0.185. The van der Waals surface area contributed by atoms with Gasteiger partial charge in [0.1, 0.15) is 11.1 Å². The molecule has 6 nitrogen and oxygen atoms in total. The van der Waals surface area contributed by atoms with Crippen molar-refractivity contribution in [1.29, 1.82) is 5.26 Å². The number of aryl methyl sites for hydroxylation is 3. The molecule has 1 heterocycles. The first-order chi connectivity index (χ1) is 13.3. The molecule has 0 fully saturated rings. The number of nitriles is 1. The van der Waals surface area contributed by atoms with Crippen molar-refractivity contribution < 1.29 is 14.3 Å². The summed E-state index contributed by atoms with van der Waals surface area (Å²) in [6.07, 6.45) is 0. The van der Waals surface area contributed by atoms with Crippen LogP contribution >= 0.6 is 11.8 Å². The maximum atomic E-state index is 12.6. The zero-order valence-electron chi connectivity index (χ0n) is 16.6. The molecule has 0 aliphatic heterocycles. The van der Waals surface area contributed by atoms with Crippen LogP contribution in [-0.2, 0) is 9.53 Å². The smallest absolute Gasteiger partial charge is 0.340 e. The van der Waals surface area contributed by atoms with Gasteiger partial charge in [-0.3, -0.25) is 4.79 Å². The van der Waals surface area contributed by atoms with Crippen LogP contribution in [0, 0.1) is 32.1 Å². The van der Waals surface area contributed by atoms with Crippen LogP contribution in [-0.4, -0.2) is 28.7 Å². The number of nitrogens with zero attached hydrogens (tertiary/aromatic N) is 2. The van der Waals surface area contributed by atoms with E-state index in [0.717, 1.165) is 16.8 Å². The van der Waals surface area contributed by atoms with E-state index in [1.54, 1.807) is 20.8 Å². The Balaban J connectivity index is 2.19. The van der Waals surface area contributed by atoms with Crippen LogP contribution in [0.15, 0.2) is 29.3 Å². The fraction of sp³-hybridized carbons (Fsp3) is 0.333. The molecule has 0 bridgehead atoms. The van der Waals surface area contributed by atoms with Crippen LogP contribution in [0.5, 0.6) is 0 Å². The average molecular weight is 398 g/mol. The van der Waals surface area contributed by atoms with Crippen molar-refractivity contribution >= 4 is 29.3 Å². The normalized spacial score (nSPS) is 11.4. The molecule has 7 heteroatoms. The van der Waals surface area contributed by atoms with Gasteiger partial charge in [0.15, 0.2) is 0 Å². The number of ether oxygens (including phenoxy) is 1. The Morgan fingerprint density at radius 3 is 2.61 bits per heavy atom. The zero-order chi connectivity index (χ0) is 20.8. The Morgan fingerprint density at radius 1 is 1.29 bits per heavy atom. The molecule has 0 aliphatic carbocycles. The zero-order valence-corrected chi connectivity index (χ0v) is 17.4. The van der Waals surface area contributed by atoms with E-state index in [0.29, 0.717) is 10.7 Å². The first kappa shape index (κ1) is 21.5. The molecular weight excluding hydrogens is 374 g/mol. The number of aromatic nitrogens is 1. The van der Waals surface area contributed by atoms with Crippen molar-refractivity contribution in [2.75, 3.05) is 11.9 Å². The molecule has 2 rings (SSSR count). The summed E-state index contributed by atoms with van der Waals surface area (Å²) in [5.74, 6) is -0.698. The molecule has 1 atom stereocenters. The Labute approximate surface area is 169 Å². The number of carbonyl (C=O) groups excluding carboxylic acids is 2. The number of thioether (sulfide) groups is 1. The number of benzene rings is 1. The van der Waals surface area contributed by atoms with Crippen molar-refractivity contribution in [2.24, 2.45) is 0 Å². The molecule has 0 radical (unpaired) electrons. The number of anilines is 1. The Kier molecular flexibility index (Phi) is 7.18. The molecule has 1 aromatic heterocycles. The van der Waals surface area contributed by atoms with Crippen LogP contribution in [0.3, 0.4) is 0 Å². The van der Waals surface area contributed by atoms with Gasteiger partial charge in [0, 0.05) is 5.69 Å². The third-order valence-corrected chi connectivity index (χ3v) is 5.19. The lowest BCUT2D eigenvalue weighted by Crippen LogP contribution is -2.23. The van der Waals surface area contributed by atoms with E-state index in [2.05, 4.69) is 10.3 Å². The van der Waals surface area contributed by atoms with Crippen molar-refractivity contribution in [3.63, 3.8) is 0 Å². The van der Waals surface area contributed by atoms with Gasteiger partial charge < -0.3 is 10.1 Å². The number of carbonyl (C=O) groups is 2. The number of hydrogen-bond donors (Lipinski definition) is 1. The van der Waals surface area contributed by atoms with Gasteiger partial charge in [-0.1, -0.05) is 29.5 Å². The second-order valence-corrected chi connectivity index (χ2v) is 7.70. The van der Waals surface area contributed by atoms with E-state index in [1.165, 1.54) is 17.8 Å². The lowest BCUT2D eigenvalue weighted by molar-refractivity contribution is -0.115. The summed E-state index contributed by atoms with van der Waals surface area (Å²) in [6, 6.07) is 9.33. The molecule has 2 aromatic rings. The molecule has 0 aliphatic rings. The number of nitrogens with one attached hydrogen (secondary N) is 1. The Bertz CT molecular complexity index is 951. The first-order valence-corrected chi connectivity index (χ1v) is 9.78. The maximum Gasteiger partial charge on any atom is 0.340 e. The summed E-state index contributed by atoms with van der Waals surface area (Å²) in [6.45, 7) is 9.32. The fourth-order valence-corrected chi connectivity index (χ4v) is 3.50. The molecule has 1 aromatic carbocycles. The third-order valence-electron chi connectivity index (χ3n) is 4.09. The third kappa shape index (κ3) is 5.11. The van der Waals surface area contributed by atoms with Crippen molar-refractivity contribution in [2.45, 2.75) is 44.9 Å². The second-order valence-electron chi connectivity index (χ2n) is 6.37. The summed E-state index contributed by atoms with van der Waals surface area (Å²) >= 11 is 1.18. The van der Waals surface area contributed by atoms with E-state index in [9.17, 15) is 14.9 Å². The monoisotopic (exact) mass is 397 g/mol. The van der Waals surface area contributed by atoms with E-state index < -0.39 is 11.2 Å². The average Bonchev–Trinajstić information content (AvgIpc) is 2.64. The molecule has 0 saturated carbocycles. The van der Waals surface area contributed by atoms with Gasteiger partial charge in [0.2, 0.25) is 5.91 Å². The highest BCUT2D eigenvalue weighted by atomic mass is 32.2. The van der Waals surface area contributed by atoms with Crippen LogP contribution in [0.1, 0.15) is 46.6 Å². The van der Waals surface area contributed by atoms with E-state index in [1.807, 2.05) is 38.1 Å². The Morgan fingerprint density at radius 2 is 2.00 bits per heavy atom. The predicted molar refractivity (Wildman–Crippen MR) is 110 cm³/mol. The quantitative estimate of drug-likeness (QED) is 0.581. The molecule has 0 saturated heterocycles. The minimum Gasteiger partial charge on any atom is -0.462 e. The standard InChI is InChI=1S/C21H23N3O3S/c1-6-27-21(26)17-10-16(11-22)20(23-14(17)4)28-15(5)19(25)24-18-8-7-12(2)9-13(18)3/h7-10,15H,6H2,1-5H3,(H,24,25)/t15-/m0/s1. The van der Waals surface area contributed by atoms with Gasteiger partial charge in [0.25, 0.3) is 0 Å². The Hall–Kier alpha value is -2.85. The van der Waals surface area contributed by atoms with Crippen molar-refractivity contribution in [3.05, 3.63) is 52.2 Å². The van der Waals surface area contributed by atoms with E-state index in [4.69, 9.17) is 4.74 Å². The topological polar surface area (TPSA) is 92.1 Å². The number of rotatable bonds is 6. The molecule has 28 heavy (non-hydrogen) atoms. The molecular formula is C21H23N3O3S. The summed E-state index contributed by atoms with van der Waals surface area (Å²) in [5.41, 5.74) is 3.82. The van der Waals surface area contributed by atoms with Gasteiger partial charge >= 0.3 is 5.97 Å². The van der Waals surface area contributed by atoms with E-state index >= 15 is 0 Å². The predicted octanol–water partition coefficient (Wildman–Crippen LogP) is 4.17. The summed E-state index contributed by atoms with van der Waals surface area (Å²) < 4.78 is 4.99. The molecule has 1 N–H and O–H groups in total. The van der Waals surface area contributed by atoms with Crippen molar-refractivity contribution in [1.82, 2.24) is 4.98 Å². The summed E-state index contributed by atoms with van der Waals surface area (Å²) in [4.78, 5) is 28.9. The second kappa shape index (κ2) is 9.38. The van der Waals surface area contributed by atoms with Gasteiger partial charge in [-0.15, -0.1) is 0 Å². The van der Waals surface area contributed by atoms with Crippen LogP contribution in [0.2, 0.25) is 0 Å². The largest absolute Gasteiger partial charge is 0.462 e. The van der Waals surface area contributed by atoms with Gasteiger partial charge in [0.05, 0.1) is 28.7 Å². The molecule has 146 valence electrons. The highest BCUT2D eigenvalue weighted by molar-refractivity contribution is 8.00. The van der Waals surface area contributed by atoms with E-state index in [-0.39, 0.29) is 23.6 Å². The van der Waals surface area contributed by atoms with Gasteiger partial charge in [-0.05, 0) is 52.3 Å². The van der Waals surface area contributed by atoms with Gasteiger partial charge in [-0.25, -0.2) is 9.78 Å². The van der Waals surface area contributed by atoms with Crippen LogP contribution in [0.4, 0.5) is 5.69 Å². The molecule has 0 spiro atoms.